The molecule has 1 aromatic carbocycles. The Hall–Kier alpha value is -0.870. The second kappa shape index (κ2) is 5.19. The lowest BCUT2D eigenvalue weighted by molar-refractivity contribution is 0.747. The average molecular weight is 357 g/mol. The molecule has 0 bridgehead atoms. The van der Waals surface area contributed by atoms with Crippen LogP contribution < -0.4 is 5.56 Å². The molecule has 1 heterocycles. The predicted octanol–water partition coefficient (Wildman–Crippen LogP) is 3.73. The third kappa shape index (κ3) is 2.87. The van der Waals surface area contributed by atoms with Gasteiger partial charge in [0.2, 0.25) is 0 Å². The van der Waals surface area contributed by atoms with Crippen molar-refractivity contribution in [1.29, 1.82) is 0 Å². The minimum absolute atomic E-state index is 0.0453. The highest BCUT2D eigenvalue weighted by Gasteiger charge is 2.04. The number of rotatable bonds is 2. The lowest BCUT2D eigenvalue weighted by Gasteiger charge is -2.09. The zero-order valence-corrected chi connectivity index (χ0v) is 12.5. The Kier molecular flexibility index (Phi) is 3.84. The molecule has 0 fully saturated rings. The Morgan fingerprint density at radius 2 is 1.94 bits per heavy atom. The van der Waals surface area contributed by atoms with E-state index in [-0.39, 0.29) is 5.56 Å². The first-order valence-electron chi connectivity index (χ1n) is 5.18. The molecule has 0 N–H and O–H groups in total. The SMILES string of the molecule is Cc1cc(Br)cn(Cc2ccccc2Br)c1=O. The quantitative estimate of drug-likeness (QED) is 0.803. The third-order valence-corrected chi connectivity index (χ3v) is 3.74. The molecule has 0 spiro atoms. The van der Waals surface area contributed by atoms with Crippen LogP contribution in [0.25, 0.3) is 0 Å². The van der Waals surface area contributed by atoms with E-state index in [0.717, 1.165) is 20.1 Å². The van der Waals surface area contributed by atoms with Crippen LogP contribution in [0.3, 0.4) is 0 Å². The fourth-order valence-corrected chi connectivity index (χ4v) is 2.67. The van der Waals surface area contributed by atoms with Crippen LogP contribution in [0.2, 0.25) is 0 Å². The lowest BCUT2D eigenvalue weighted by atomic mass is 10.2. The minimum Gasteiger partial charge on any atom is -0.310 e. The fourth-order valence-electron chi connectivity index (χ4n) is 1.67. The van der Waals surface area contributed by atoms with Gasteiger partial charge in [-0.15, -0.1) is 0 Å². The highest BCUT2D eigenvalue weighted by molar-refractivity contribution is 9.10. The monoisotopic (exact) mass is 355 g/mol. The Morgan fingerprint density at radius 1 is 1.24 bits per heavy atom. The molecular weight excluding hydrogens is 346 g/mol. The maximum atomic E-state index is 12.0. The average Bonchev–Trinajstić information content (AvgIpc) is 2.28. The van der Waals surface area contributed by atoms with Gasteiger partial charge in [-0.2, -0.15) is 0 Å². The van der Waals surface area contributed by atoms with Crippen LogP contribution in [-0.2, 0) is 6.54 Å². The van der Waals surface area contributed by atoms with Crippen molar-refractivity contribution in [1.82, 2.24) is 4.57 Å². The van der Waals surface area contributed by atoms with Gasteiger partial charge in [-0.3, -0.25) is 4.79 Å². The number of aromatic nitrogens is 1. The predicted molar refractivity (Wildman–Crippen MR) is 76.4 cm³/mol. The molecule has 0 saturated heterocycles. The summed E-state index contributed by atoms with van der Waals surface area (Å²) in [6.07, 6.45) is 1.81. The summed E-state index contributed by atoms with van der Waals surface area (Å²) in [7, 11) is 0. The standard InChI is InChI=1S/C13H11Br2NO/c1-9-6-11(14)8-16(13(9)17)7-10-4-2-3-5-12(10)15/h2-6,8H,7H2,1H3. The minimum atomic E-state index is 0.0453. The molecule has 2 aromatic rings. The molecule has 0 aliphatic rings. The number of hydrogen-bond donors (Lipinski definition) is 0. The molecule has 0 amide bonds. The van der Waals surface area contributed by atoms with Crippen LogP contribution >= 0.6 is 31.9 Å². The molecule has 0 aliphatic carbocycles. The van der Waals surface area contributed by atoms with Gasteiger partial charge in [0.05, 0.1) is 6.54 Å². The molecule has 0 atom stereocenters. The molecule has 88 valence electrons. The van der Waals surface area contributed by atoms with Crippen molar-refractivity contribution < 1.29 is 0 Å². The van der Waals surface area contributed by atoms with E-state index in [1.807, 2.05) is 43.5 Å². The van der Waals surface area contributed by atoms with Gasteiger partial charge in [0.25, 0.3) is 5.56 Å². The molecule has 0 saturated carbocycles. The van der Waals surface area contributed by atoms with E-state index in [1.165, 1.54) is 0 Å². The summed E-state index contributed by atoms with van der Waals surface area (Å²) >= 11 is 6.90. The van der Waals surface area contributed by atoms with Crippen LogP contribution in [0.5, 0.6) is 0 Å². The highest BCUT2D eigenvalue weighted by atomic mass is 79.9. The van der Waals surface area contributed by atoms with Crippen LogP contribution in [0.1, 0.15) is 11.1 Å². The largest absolute Gasteiger partial charge is 0.310 e. The molecule has 2 nitrogen and oxygen atoms in total. The third-order valence-electron chi connectivity index (χ3n) is 2.53. The summed E-state index contributed by atoms with van der Waals surface area (Å²) in [5, 5.41) is 0. The van der Waals surface area contributed by atoms with Crippen molar-refractivity contribution in [3.63, 3.8) is 0 Å². The Balaban J connectivity index is 2.44. The van der Waals surface area contributed by atoms with Crippen LogP contribution in [0.15, 0.2) is 50.3 Å². The second-order valence-electron chi connectivity index (χ2n) is 3.87. The van der Waals surface area contributed by atoms with Crippen molar-refractivity contribution in [2.75, 3.05) is 0 Å². The molecule has 0 radical (unpaired) electrons. The lowest BCUT2D eigenvalue weighted by Crippen LogP contribution is -2.22. The number of aryl methyl sites for hydroxylation is 1. The Labute approximate surface area is 117 Å². The van der Waals surface area contributed by atoms with E-state index < -0.39 is 0 Å². The van der Waals surface area contributed by atoms with Gasteiger partial charge in [-0.05, 0) is 40.5 Å². The zero-order chi connectivity index (χ0) is 12.4. The zero-order valence-electron chi connectivity index (χ0n) is 9.28. The van der Waals surface area contributed by atoms with Crippen molar-refractivity contribution >= 4 is 31.9 Å². The van der Waals surface area contributed by atoms with Gasteiger partial charge in [0.1, 0.15) is 0 Å². The normalized spacial score (nSPS) is 10.5. The van der Waals surface area contributed by atoms with Gasteiger partial charge in [-0.1, -0.05) is 34.1 Å². The molecule has 0 unspecified atom stereocenters. The van der Waals surface area contributed by atoms with Crippen molar-refractivity contribution in [3.8, 4) is 0 Å². The van der Waals surface area contributed by atoms with E-state index in [4.69, 9.17) is 0 Å². The van der Waals surface area contributed by atoms with E-state index in [0.29, 0.717) is 6.54 Å². The first-order valence-corrected chi connectivity index (χ1v) is 6.76. The van der Waals surface area contributed by atoms with Crippen LogP contribution in [-0.4, -0.2) is 4.57 Å². The van der Waals surface area contributed by atoms with E-state index >= 15 is 0 Å². The van der Waals surface area contributed by atoms with Gasteiger partial charge in [0, 0.05) is 20.7 Å². The van der Waals surface area contributed by atoms with Gasteiger partial charge in [-0.25, -0.2) is 0 Å². The maximum Gasteiger partial charge on any atom is 0.253 e. The molecule has 17 heavy (non-hydrogen) atoms. The second-order valence-corrected chi connectivity index (χ2v) is 5.64. The van der Waals surface area contributed by atoms with Crippen molar-refractivity contribution in [2.45, 2.75) is 13.5 Å². The summed E-state index contributed by atoms with van der Waals surface area (Å²) in [6.45, 7) is 2.39. The molecule has 4 heteroatoms. The number of nitrogens with zero attached hydrogens (tertiary/aromatic N) is 1. The van der Waals surface area contributed by atoms with E-state index in [9.17, 15) is 4.79 Å². The fraction of sp³-hybridized carbons (Fsp3) is 0.154. The van der Waals surface area contributed by atoms with Gasteiger partial charge >= 0.3 is 0 Å². The molecule has 2 rings (SSSR count). The summed E-state index contributed by atoms with van der Waals surface area (Å²) in [5.41, 5.74) is 1.88. The summed E-state index contributed by atoms with van der Waals surface area (Å²) < 4.78 is 3.64. The van der Waals surface area contributed by atoms with Gasteiger partial charge < -0.3 is 4.57 Å². The highest BCUT2D eigenvalue weighted by Crippen LogP contribution is 2.17. The first kappa shape index (κ1) is 12.6. The molecule has 1 aromatic heterocycles. The maximum absolute atomic E-state index is 12.0. The van der Waals surface area contributed by atoms with E-state index in [2.05, 4.69) is 31.9 Å². The number of hydrogen-bond acceptors (Lipinski definition) is 1. The first-order chi connectivity index (χ1) is 8.08. The number of halogens is 2. The Morgan fingerprint density at radius 3 is 2.65 bits per heavy atom. The number of pyridine rings is 1. The molecular formula is C13H11Br2NO. The van der Waals surface area contributed by atoms with Crippen molar-refractivity contribution in [3.05, 3.63) is 67.0 Å². The van der Waals surface area contributed by atoms with Crippen LogP contribution in [0.4, 0.5) is 0 Å². The topological polar surface area (TPSA) is 22.0 Å². The summed E-state index contributed by atoms with van der Waals surface area (Å²) in [4.78, 5) is 12.0. The van der Waals surface area contributed by atoms with Crippen molar-refractivity contribution in [2.24, 2.45) is 0 Å². The summed E-state index contributed by atoms with van der Waals surface area (Å²) in [6, 6.07) is 9.75. The number of benzene rings is 1. The Bertz CT molecular complexity index is 605. The smallest absolute Gasteiger partial charge is 0.253 e. The molecule has 0 aliphatic heterocycles. The van der Waals surface area contributed by atoms with Gasteiger partial charge in [0.15, 0.2) is 0 Å². The summed E-state index contributed by atoms with van der Waals surface area (Å²) in [5.74, 6) is 0. The van der Waals surface area contributed by atoms with E-state index in [1.54, 1.807) is 4.57 Å². The van der Waals surface area contributed by atoms with Crippen LogP contribution in [0, 0.1) is 6.92 Å².